The van der Waals surface area contributed by atoms with Crippen LogP contribution in [0.1, 0.15) is 23.2 Å². The number of aromatic nitrogens is 2. The molecular weight excluding hydrogens is 324 g/mol. The van der Waals surface area contributed by atoms with Gasteiger partial charge < -0.3 is 10.7 Å². The fourth-order valence-electron chi connectivity index (χ4n) is 2.16. The molecule has 4 N–H and O–H groups in total. The van der Waals surface area contributed by atoms with Crippen molar-refractivity contribution in [1.29, 1.82) is 0 Å². The Morgan fingerprint density at radius 3 is 2.41 bits per heavy atom. The number of H-pyrrole nitrogens is 1. The summed E-state index contributed by atoms with van der Waals surface area (Å²) in [5.74, 6) is 0.376. The van der Waals surface area contributed by atoms with Gasteiger partial charge in [0.2, 0.25) is 10.0 Å². The summed E-state index contributed by atoms with van der Waals surface area (Å²) in [4.78, 5) is 7.12. The molecule has 6 nitrogen and oxygen atoms in total. The topological polar surface area (TPSA) is 101 Å². The molecule has 0 radical (unpaired) electrons. The summed E-state index contributed by atoms with van der Waals surface area (Å²) >= 11 is 0. The van der Waals surface area contributed by atoms with Crippen LogP contribution >= 0.6 is 12.4 Å². The van der Waals surface area contributed by atoms with E-state index in [2.05, 4.69) is 14.7 Å². The molecule has 0 saturated heterocycles. The zero-order valence-electron chi connectivity index (χ0n) is 12.6. The molecule has 8 heteroatoms. The number of sulfonamides is 1. The molecule has 1 aromatic carbocycles. The molecule has 1 aromatic heterocycles. The molecule has 0 aliphatic rings. The first kappa shape index (κ1) is 18.5. The average molecular weight is 345 g/mol. The lowest BCUT2D eigenvalue weighted by molar-refractivity contribution is 0.578. The molecule has 0 bridgehead atoms. The lowest BCUT2D eigenvalue weighted by atomic mass is 10.2. The van der Waals surface area contributed by atoms with Gasteiger partial charge in [0.05, 0.1) is 11.1 Å². The minimum absolute atomic E-state index is 0. The molecule has 0 aliphatic carbocycles. The smallest absolute Gasteiger partial charge is 0.240 e. The number of hydrogen-bond donors (Lipinski definition) is 3. The Balaban J connectivity index is 0.00000242. The molecule has 22 heavy (non-hydrogen) atoms. The first-order chi connectivity index (χ1) is 9.87. The molecule has 2 rings (SSSR count). The van der Waals surface area contributed by atoms with E-state index < -0.39 is 10.0 Å². The van der Waals surface area contributed by atoms with Crippen LogP contribution in [0.15, 0.2) is 29.3 Å². The van der Waals surface area contributed by atoms with Crippen LogP contribution in [0.5, 0.6) is 0 Å². The minimum atomic E-state index is -3.46. The SMILES string of the molecule is Cc1cc(C)cc(S(=O)(=O)NCCCc2cnc(N)[nH]2)c1.Cl. The Hall–Kier alpha value is -1.57. The molecule has 0 spiro atoms. The van der Waals surface area contributed by atoms with Crippen molar-refractivity contribution in [2.75, 3.05) is 12.3 Å². The van der Waals surface area contributed by atoms with Crippen molar-refractivity contribution in [1.82, 2.24) is 14.7 Å². The number of aromatic amines is 1. The van der Waals surface area contributed by atoms with E-state index >= 15 is 0 Å². The minimum Gasteiger partial charge on any atom is -0.369 e. The van der Waals surface area contributed by atoms with Gasteiger partial charge >= 0.3 is 0 Å². The highest BCUT2D eigenvalue weighted by molar-refractivity contribution is 7.89. The van der Waals surface area contributed by atoms with E-state index in [-0.39, 0.29) is 12.4 Å². The number of rotatable bonds is 6. The number of nitrogens with two attached hydrogens (primary N) is 1. The highest BCUT2D eigenvalue weighted by Crippen LogP contribution is 2.14. The van der Waals surface area contributed by atoms with E-state index in [0.717, 1.165) is 16.8 Å². The number of benzene rings is 1. The number of nitrogens with zero attached hydrogens (tertiary/aromatic N) is 1. The molecule has 2 aromatic rings. The predicted octanol–water partition coefficient (Wildman–Crippen LogP) is 1.94. The third-order valence-corrected chi connectivity index (χ3v) is 4.51. The van der Waals surface area contributed by atoms with Crippen molar-refractivity contribution < 1.29 is 8.42 Å². The van der Waals surface area contributed by atoms with Gasteiger partial charge in [-0.1, -0.05) is 6.07 Å². The van der Waals surface area contributed by atoms with Crippen molar-refractivity contribution in [3.05, 3.63) is 41.2 Å². The number of nitrogens with one attached hydrogen (secondary N) is 2. The third kappa shape index (κ3) is 5.01. The third-order valence-electron chi connectivity index (χ3n) is 3.07. The van der Waals surface area contributed by atoms with E-state index in [9.17, 15) is 8.42 Å². The molecule has 1 heterocycles. The molecule has 0 amide bonds. The van der Waals surface area contributed by atoms with Crippen LogP contribution in [0.25, 0.3) is 0 Å². The lowest BCUT2D eigenvalue weighted by Crippen LogP contribution is -2.25. The van der Waals surface area contributed by atoms with Crippen LogP contribution in [0, 0.1) is 13.8 Å². The Labute approximate surface area is 137 Å². The second kappa shape index (κ2) is 7.62. The van der Waals surface area contributed by atoms with Gasteiger partial charge in [-0.05, 0) is 49.9 Å². The molecule has 0 aliphatic heterocycles. The summed E-state index contributed by atoms with van der Waals surface area (Å²) in [5.41, 5.74) is 8.25. The maximum Gasteiger partial charge on any atom is 0.240 e. The number of anilines is 1. The summed E-state index contributed by atoms with van der Waals surface area (Å²) in [5, 5.41) is 0. The van der Waals surface area contributed by atoms with E-state index in [1.165, 1.54) is 0 Å². The van der Waals surface area contributed by atoms with E-state index in [1.807, 2.05) is 19.9 Å². The normalized spacial score (nSPS) is 11.2. The van der Waals surface area contributed by atoms with Gasteiger partial charge in [0, 0.05) is 12.2 Å². The van der Waals surface area contributed by atoms with Crippen LogP contribution in [0.3, 0.4) is 0 Å². The molecule has 0 unspecified atom stereocenters. The first-order valence-corrected chi connectivity index (χ1v) is 8.22. The Morgan fingerprint density at radius 2 is 1.86 bits per heavy atom. The zero-order valence-corrected chi connectivity index (χ0v) is 14.2. The van der Waals surface area contributed by atoms with Crippen LogP contribution in [0.2, 0.25) is 0 Å². The fraction of sp³-hybridized carbons (Fsp3) is 0.357. The largest absolute Gasteiger partial charge is 0.369 e. The van der Waals surface area contributed by atoms with Crippen LogP contribution < -0.4 is 10.5 Å². The maximum atomic E-state index is 12.2. The highest BCUT2D eigenvalue weighted by Gasteiger charge is 2.14. The van der Waals surface area contributed by atoms with Crippen molar-refractivity contribution in [2.24, 2.45) is 0 Å². The Kier molecular flexibility index (Phi) is 6.40. The van der Waals surface area contributed by atoms with E-state index in [0.29, 0.717) is 30.2 Å². The van der Waals surface area contributed by atoms with Crippen molar-refractivity contribution in [3.8, 4) is 0 Å². The number of nitrogen functional groups attached to an aromatic ring is 1. The van der Waals surface area contributed by atoms with Crippen LogP contribution in [-0.4, -0.2) is 24.9 Å². The van der Waals surface area contributed by atoms with Crippen molar-refractivity contribution in [3.63, 3.8) is 0 Å². The number of aryl methyl sites for hydroxylation is 3. The second-order valence-electron chi connectivity index (χ2n) is 5.12. The number of imidazole rings is 1. The van der Waals surface area contributed by atoms with E-state index in [4.69, 9.17) is 5.73 Å². The van der Waals surface area contributed by atoms with Gasteiger partial charge in [0.15, 0.2) is 5.95 Å². The summed E-state index contributed by atoms with van der Waals surface area (Å²) in [6, 6.07) is 5.29. The highest BCUT2D eigenvalue weighted by atomic mass is 35.5. The fourth-order valence-corrected chi connectivity index (χ4v) is 3.42. The summed E-state index contributed by atoms with van der Waals surface area (Å²) in [6.07, 6.45) is 3.03. The summed E-state index contributed by atoms with van der Waals surface area (Å²) in [6.45, 7) is 4.14. The summed E-state index contributed by atoms with van der Waals surface area (Å²) in [7, 11) is -3.46. The molecular formula is C14H21ClN4O2S. The predicted molar refractivity (Wildman–Crippen MR) is 89.7 cm³/mol. The zero-order chi connectivity index (χ0) is 15.5. The van der Waals surface area contributed by atoms with Gasteiger partial charge in [-0.15, -0.1) is 12.4 Å². The molecule has 122 valence electrons. The van der Waals surface area contributed by atoms with Crippen molar-refractivity contribution in [2.45, 2.75) is 31.6 Å². The van der Waals surface area contributed by atoms with Gasteiger partial charge in [-0.2, -0.15) is 0 Å². The monoisotopic (exact) mass is 344 g/mol. The van der Waals surface area contributed by atoms with E-state index in [1.54, 1.807) is 18.3 Å². The standard InChI is InChI=1S/C14H20N4O2S.ClH/c1-10-6-11(2)8-13(7-10)21(19,20)17-5-3-4-12-9-16-14(15)18-12;/h6-9,17H,3-5H2,1-2H3,(H3,15,16,18);1H. The Morgan fingerprint density at radius 1 is 1.23 bits per heavy atom. The molecule has 0 fully saturated rings. The van der Waals surface area contributed by atoms with Gasteiger partial charge in [-0.3, -0.25) is 0 Å². The first-order valence-electron chi connectivity index (χ1n) is 6.74. The maximum absolute atomic E-state index is 12.2. The average Bonchev–Trinajstić information content (AvgIpc) is 2.79. The second-order valence-corrected chi connectivity index (χ2v) is 6.89. The quantitative estimate of drug-likeness (QED) is 0.697. The van der Waals surface area contributed by atoms with Gasteiger partial charge in [0.1, 0.15) is 0 Å². The number of halogens is 1. The Bertz CT molecular complexity index is 708. The lowest BCUT2D eigenvalue weighted by Gasteiger charge is -2.08. The molecule has 0 saturated carbocycles. The molecule has 0 atom stereocenters. The van der Waals surface area contributed by atoms with Crippen LogP contribution in [0.4, 0.5) is 5.95 Å². The van der Waals surface area contributed by atoms with Crippen molar-refractivity contribution >= 4 is 28.4 Å². The number of hydrogen-bond acceptors (Lipinski definition) is 4. The van der Waals surface area contributed by atoms with Gasteiger partial charge in [-0.25, -0.2) is 18.1 Å². The van der Waals surface area contributed by atoms with Gasteiger partial charge in [0.25, 0.3) is 0 Å². The summed E-state index contributed by atoms with van der Waals surface area (Å²) < 4.78 is 27.0. The van der Waals surface area contributed by atoms with Crippen LogP contribution in [-0.2, 0) is 16.4 Å².